The Morgan fingerprint density at radius 3 is 1.83 bits per heavy atom. The van der Waals surface area contributed by atoms with Crippen LogP contribution in [0.4, 0.5) is 33.1 Å². The number of carbonyl (C=O) groups is 3. The maximum atomic E-state index is 13.5. The lowest BCUT2D eigenvalue weighted by Gasteiger charge is -2.41. The van der Waals surface area contributed by atoms with Gasteiger partial charge in [0.25, 0.3) is 30.1 Å². The zero-order valence-corrected chi connectivity index (χ0v) is 64.6. The van der Waals surface area contributed by atoms with Gasteiger partial charge in [0, 0.05) is 157 Å². The van der Waals surface area contributed by atoms with Crippen molar-refractivity contribution >= 4 is 137 Å². The number of para-hydroxylation sites is 2. The van der Waals surface area contributed by atoms with E-state index in [0.717, 1.165) is 93.5 Å². The summed E-state index contributed by atoms with van der Waals surface area (Å²) < 4.78 is 91.3. The number of aromatic nitrogens is 7. The summed E-state index contributed by atoms with van der Waals surface area (Å²) in [7, 11) is -11.2. The number of halogens is 1. The van der Waals surface area contributed by atoms with Crippen molar-refractivity contribution in [1.82, 2.24) is 48.1 Å². The Hall–Kier alpha value is -9.98. The Bertz CT molecular complexity index is 5330. The van der Waals surface area contributed by atoms with Crippen LogP contribution < -0.4 is 28.9 Å². The zero-order valence-electron chi connectivity index (χ0n) is 59.7. The molecule has 11 aromatic rings. The lowest BCUT2D eigenvalue weighted by Crippen LogP contribution is -2.55. The van der Waals surface area contributed by atoms with Gasteiger partial charge in [-0.05, 0) is 185 Å². The van der Waals surface area contributed by atoms with E-state index < -0.39 is 30.1 Å². The third kappa shape index (κ3) is 17.1. The van der Waals surface area contributed by atoms with E-state index >= 15 is 0 Å². The minimum Gasteiger partial charge on any atom is -0.368 e. The molecule has 0 spiro atoms. The summed E-state index contributed by atoms with van der Waals surface area (Å²) in [4.78, 5) is 68.4. The number of hydrogen-bond donors (Lipinski definition) is 3. The summed E-state index contributed by atoms with van der Waals surface area (Å²) in [6, 6.07) is 45.5. The van der Waals surface area contributed by atoms with Crippen molar-refractivity contribution in [2.45, 2.75) is 99.0 Å². The molecule has 15 rings (SSSR count). The van der Waals surface area contributed by atoms with Crippen LogP contribution in [0, 0.1) is 13.8 Å². The van der Waals surface area contributed by atoms with Crippen LogP contribution in [0.3, 0.4) is 0 Å². The fraction of sp³-hybridized carbons (Fsp3) is 0.316. The molecule has 0 aliphatic carbocycles. The first-order valence-electron chi connectivity index (χ1n) is 35.3. The highest BCUT2D eigenvalue weighted by Crippen LogP contribution is 2.36. The van der Waals surface area contributed by atoms with E-state index in [1.165, 1.54) is 52.8 Å². The van der Waals surface area contributed by atoms with Gasteiger partial charge in [-0.3, -0.25) is 28.5 Å². The number of hydrogen-bond acceptors (Lipinski definition) is 19. The second-order valence-corrected chi connectivity index (χ2v) is 33.9. The Kier molecular flexibility index (Phi) is 22.9. The van der Waals surface area contributed by atoms with Crippen LogP contribution in [-0.2, 0) is 50.9 Å². The number of amides is 3. The van der Waals surface area contributed by atoms with Crippen LogP contribution in [0.1, 0.15) is 86.1 Å². The van der Waals surface area contributed by atoms with Crippen molar-refractivity contribution in [3.8, 4) is 0 Å². The molecule has 4 aliphatic heterocycles. The van der Waals surface area contributed by atoms with E-state index in [-0.39, 0.29) is 67.2 Å². The average molecular weight is 1570 g/mol. The Morgan fingerprint density at radius 1 is 0.551 bits per heavy atom. The third-order valence-corrected chi connectivity index (χ3v) is 26.2. The number of aryl methyl sites for hydroxylation is 2. The molecule has 6 aromatic carbocycles. The molecule has 0 bridgehead atoms. The number of rotatable bonds is 18. The number of carbonyl (C=O) groups excluding carboxylic acids is 3. The molecular weight excluding hydrogens is 1480 g/mol. The SMILES string of the molecule is C[C@@H](C(=O)N1CCN(c2cccc(S(=O)(=O)Nc3nccs3)c2)CC1)N1CCCc2cc(Cl)ccc21.C[C@H](C(=O)N1CCC(c2ccc(S(=O)(=O)Nc3ncns3)cc2)CC1)n1ccc2ccccc21.Cc1c(C)n(C(C)C(=O)N2CCN(c3ccc(S(=O)(=O)Nc4ccncn4)cc3)CC2)c2ccccc12.[HH].[HH].[HH].[HH]. The van der Waals surface area contributed by atoms with Gasteiger partial charge in [0.1, 0.15) is 36.6 Å². The Balaban J connectivity index is 0.000000188. The number of likely N-dealkylation sites (tertiary alicyclic amines) is 1. The Labute approximate surface area is 642 Å². The van der Waals surface area contributed by atoms with Gasteiger partial charge in [0.2, 0.25) is 22.9 Å². The summed E-state index contributed by atoms with van der Waals surface area (Å²) in [6.45, 7) is 17.3. The maximum Gasteiger partial charge on any atom is 0.263 e. The van der Waals surface area contributed by atoms with Gasteiger partial charge in [-0.1, -0.05) is 66.2 Å². The lowest BCUT2D eigenvalue weighted by molar-refractivity contribution is -0.135. The number of benzene rings is 6. The summed E-state index contributed by atoms with van der Waals surface area (Å²) >= 11 is 8.40. The number of sulfonamides is 3. The fourth-order valence-corrected chi connectivity index (χ4v) is 19.1. The fourth-order valence-electron chi connectivity index (χ4n) is 14.4. The van der Waals surface area contributed by atoms with Gasteiger partial charge in [0.05, 0.1) is 14.7 Å². The van der Waals surface area contributed by atoms with Crippen LogP contribution >= 0.6 is 34.5 Å². The minimum atomic E-state index is -3.75. The maximum absolute atomic E-state index is 13.5. The minimum absolute atomic E-state index is 0. The van der Waals surface area contributed by atoms with Crippen LogP contribution in [0.25, 0.3) is 21.8 Å². The molecule has 3 atom stereocenters. The van der Waals surface area contributed by atoms with Crippen molar-refractivity contribution in [3.63, 3.8) is 0 Å². The third-order valence-electron chi connectivity index (χ3n) is 20.4. The summed E-state index contributed by atoms with van der Waals surface area (Å²) in [5.41, 5.74) is 9.58. The molecule has 107 heavy (non-hydrogen) atoms. The molecule has 1 unspecified atom stereocenters. The molecule has 9 heterocycles. The molecule has 4 aliphatic rings. The summed E-state index contributed by atoms with van der Waals surface area (Å²) in [5, 5.41) is 5.33. The highest BCUT2D eigenvalue weighted by atomic mass is 35.5. The number of fused-ring (bicyclic) bond motifs is 3. The van der Waals surface area contributed by atoms with E-state index in [4.69, 9.17) is 11.6 Å². The van der Waals surface area contributed by atoms with Crippen molar-refractivity contribution in [2.24, 2.45) is 0 Å². The number of nitrogens with zero attached hydrogens (tertiary/aromatic N) is 13. The monoisotopic (exact) mass is 1570 g/mol. The van der Waals surface area contributed by atoms with E-state index in [0.29, 0.717) is 76.5 Å². The number of piperazine rings is 2. The summed E-state index contributed by atoms with van der Waals surface area (Å²) in [6.07, 6.45) is 11.3. The molecule has 566 valence electrons. The predicted molar refractivity (Wildman–Crippen MR) is 430 cm³/mol. The molecule has 5 aromatic heterocycles. The molecule has 25 nitrogen and oxygen atoms in total. The second kappa shape index (κ2) is 32.6. The average Bonchev–Trinajstić information content (AvgIpc) is 1.65. The first kappa shape index (κ1) is 75.3. The molecule has 0 radical (unpaired) electrons. The summed E-state index contributed by atoms with van der Waals surface area (Å²) in [5.74, 6) is 0.859. The largest absolute Gasteiger partial charge is 0.368 e. The van der Waals surface area contributed by atoms with Gasteiger partial charge in [-0.25, -0.2) is 45.2 Å². The van der Waals surface area contributed by atoms with E-state index in [1.807, 2.05) is 119 Å². The van der Waals surface area contributed by atoms with Gasteiger partial charge in [0.15, 0.2) is 5.13 Å². The molecule has 0 saturated carbocycles. The van der Waals surface area contributed by atoms with Crippen molar-refractivity contribution in [1.29, 1.82) is 0 Å². The number of piperidine rings is 1. The molecule has 3 N–H and O–H groups in total. The van der Waals surface area contributed by atoms with Crippen molar-refractivity contribution < 1.29 is 45.3 Å². The Morgan fingerprint density at radius 2 is 1.17 bits per heavy atom. The van der Waals surface area contributed by atoms with Gasteiger partial charge in [-0.15, -0.1) is 11.3 Å². The quantitative estimate of drug-likeness (QED) is 0.0719. The topological polar surface area (TPSA) is 283 Å². The predicted octanol–water partition coefficient (Wildman–Crippen LogP) is 13.1. The molecule has 31 heteroatoms. The lowest BCUT2D eigenvalue weighted by atomic mass is 9.89. The van der Waals surface area contributed by atoms with Crippen LogP contribution in [-0.4, -0.2) is 169 Å². The standard InChI is InChI=1S/C27H30N6O3S.C25H28ClN5O3S2.C24H25N5O3S2.4H2/c1-19-20(2)33(25-7-5-4-6-24(19)25)21(3)27(34)32-16-14-31(15-17-32)22-8-10-23(11-9-22)37(35,36)30-26-12-13-28-18-29-26;1-18(31-10-3-4-19-16-20(26)7-8-23(19)31)24(32)30-13-11-29(12-14-30)21-5-2-6-22(17-21)36(33,34)28-25-27-9-15-35-25;1-17(29-15-12-20-4-2-3-5-22(20)29)23(30)28-13-10-19(11-14-28)18-6-8-21(9-7-18)34(31,32)27-24-25-16-26-33-24;;;;/h4-13,18,21H,14-17H2,1-3H3,(H,28,29,30);2,5-9,15-18H,3-4,10-14H2,1H3,(H,27,28);2-9,12,15-17,19H,10-11,13-14H2,1H3,(H,25,26,27);4*1H/t;18-;17-;;;;/m.01..../s1. The number of nitrogens with one attached hydrogen (secondary N) is 3. The van der Waals surface area contributed by atoms with Gasteiger partial charge < -0.3 is 38.5 Å². The van der Waals surface area contributed by atoms with E-state index in [9.17, 15) is 39.6 Å². The van der Waals surface area contributed by atoms with Crippen LogP contribution in [0.5, 0.6) is 0 Å². The second-order valence-electron chi connectivity index (χ2n) is 26.8. The van der Waals surface area contributed by atoms with Crippen molar-refractivity contribution in [3.05, 3.63) is 216 Å². The number of thiazole rings is 1. The van der Waals surface area contributed by atoms with Gasteiger partial charge >= 0.3 is 0 Å². The molecule has 3 amide bonds. The first-order valence-corrected chi connectivity index (χ1v) is 41.8. The highest BCUT2D eigenvalue weighted by Gasteiger charge is 2.34. The molecular formula is C76H91ClN16O9S5. The normalized spacial score (nSPS) is 16.0. The van der Waals surface area contributed by atoms with Crippen molar-refractivity contribution in [2.75, 3.05) is 101 Å². The molecule has 3 saturated heterocycles. The highest BCUT2D eigenvalue weighted by molar-refractivity contribution is 7.93. The zero-order chi connectivity index (χ0) is 75.2. The van der Waals surface area contributed by atoms with Crippen LogP contribution in [0.15, 0.2) is 203 Å². The van der Waals surface area contributed by atoms with Crippen LogP contribution in [0.2, 0.25) is 5.02 Å². The van der Waals surface area contributed by atoms with E-state index in [2.05, 4.69) is 89.8 Å². The number of anilines is 6. The van der Waals surface area contributed by atoms with E-state index in [1.54, 1.807) is 66.2 Å². The first-order chi connectivity index (χ1) is 51.5. The molecule has 3 fully saturated rings. The van der Waals surface area contributed by atoms with Gasteiger partial charge in [-0.2, -0.15) is 4.37 Å². The smallest absolute Gasteiger partial charge is 0.263 e.